The summed E-state index contributed by atoms with van der Waals surface area (Å²) in [6, 6.07) is 10.3. The summed E-state index contributed by atoms with van der Waals surface area (Å²) in [7, 11) is 0. The third-order valence-electron chi connectivity index (χ3n) is 3.28. The predicted molar refractivity (Wildman–Crippen MR) is 75.5 cm³/mol. The minimum atomic E-state index is 0.0891. The van der Waals surface area contributed by atoms with E-state index in [1.807, 2.05) is 30.3 Å². The summed E-state index contributed by atoms with van der Waals surface area (Å²) in [4.78, 5) is 13.0. The molecule has 1 aromatic carbocycles. The Morgan fingerprint density at radius 3 is 2.72 bits per heavy atom. The number of nitrogens with one attached hydrogen (secondary N) is 1. The number of amides is 1. The molecule has 0 aliphatic heterocycles. The lowest BCUT2D eigenvalue weighted by molar-refractivity contribution is -0.119. The fourth-order valence-electron chi connectivity index (χ4n) is 2.25. The van der Waals surface area contributed by atoms with Crippen molar-refractivity contribution < 1.29 is 4.79 Å². The van der Waals surface area contributed by atoms with Crippen LogP contribution in [0.3, 0.4) is 0 Å². The monoisotopic (exact) mass is 264 g/mol. The minimum Gasteiger partial charge on any atom is -0.351 e. The van der Waals surface area contributed by atoms with Crippen LogP contribution in [0.1, 0.15) is 25.7 Å². The Labute approximate surface area is 113 Å². The van der Waals surface area contributed by atoms with Gasteiger partial charge in [-0.2, -0.15) is 0 Å². The fraction of sp³-hybridized carbons (Fsp3) is 0.500. The van der Waals surface area contributed by atoms with Gasteiger partial charge >= 0.3 is 0 Å². The zero-order valence-electron chi connectivity index (χ0n) is 10.5. The molecule has 98 valence electrons. The Bertz CT molecular complexity index is 383. The van der Waals surface area contributed by atoms with Crippen LogP contribution in [0, 0.1) is 0 Å². The van der Waals surface area contributed by atoms with Gasteiger partial charge in [0.25, 0.3) is 0 Å². The van der Waals surface area contributed by atoms with E-state index in [9.17, 15) is 4.79 Å². The van der Waals surface area contributed by atoms with Crippen LogP contribution < -0.4 is 11.1 Å². The number of nitrogens with two attached hydrogens (primary N) is 1. The number of thioether (sulfide) groups is 1. The zero-order valence-corrected chi connectivity index (χ0v) is 11.3. The van der Waals surface area contributed by atoms with Gasteiger partial charge in [-0.15, -0.1) is 11.8 Å². The summed E-state index contributed by atoms with van der Waals surface area (Å²) < 4.78 is 0. The molecule has 0 aromatic heterocycles. The van der Waals surface area contributed by atoms with Crippen molar-refractivity contribution in [2.75, 3.05) is 5.75 Å². The van der Waals surface area contributed by atoms with Gasteiger partial charge < -0.3 is 11.1 Å². The van der Waals surface area contributed by atoms with Crippen molar-refractivity contribution in [2.45, 2.75) is 42.7 Å². The number of hydrogen-bond donors (Lipinski definition) is 2. The SMILES string of the molecule is NC1CCCCC1NC(=O)CSc1ccccc1. The first-order valence-corrected chi connectivity index (χ1v) is 7.47. The normalized spacial score (nSPS) is 23.6. The molecule has 0 spiro atoms. The summed E-state index contributed by atoms with van der Waals surface area (Å²) in [5.41, 5.74) is 6.01. The third-order valence-corrected chi connectivity index (χ3v) is 4.29. The Kier molecular flexibility index (Phi) is 5.08. The lowest BCUT2D eigenvalue weighted by Gasteiger charge is -2.29. The van der Waals surface area contributed by atoms with Crippen molar-refractivity contribution in [1.82, 2.24) is 5.32 Å². The van der Waals surface area contributed by atoms with Gasteiger partial charge in [-0.3, -0.25) is 4.79 Å². The first-order chi connectivity index (χ1) is 8.75. The van der Waals surface area contributed by atoms with E-state index < -0.39 is 0 Å². The van der Waals surface area contributed by atoms with E-state index >= 15 is 0 Å². The molecule has 1 saturated carbocycles. The Balaban J connectivity index is 1.75. The second kappa shape index (κ2) is 6.81. The Hall–Kier alpha value is -1.00. The maximum Gasteiger partial charge on any atom is 0.230 e. The molecule has 0 bridgehead atoms. The number of rotatable bonds is 4. The molecule has 2 unspecified atom stereocenters. The Morgan fingerprint density at radius 1 is 1.28 bits per heavy atom. The van der Waals surface area contributed by atoms with Crippen molar-refractivity contribution in [3.05, 3.63) is 30.3 Å². The van der Waals surface area contributed by atoms with Crippen molar-refractivity contribution in [3.63, 3.8) is 0 Å². The van der Waals surface area contributed by atoms with Gasteiger partial charge in [-0.05, 0) is 25.0 Å². The second-order valence-corrected chi connectivity index (χ2v) is 5.77. The molecule has 3 N–H and O–H groups in total. The zero-order chi connectivity index (χ0) is 12.8. The molecule has 18 heavy (non-hydrogen) atoms. The quantitative estimate of drug-likeness (QED) is 0.819. The first kappa shape index (κ1) is 13.4. The number of carbonyl (C=O) groups excluding carboxylic acids is 1. The smallest absolute Gasteiger partial charge is 0.230 e. The third kappa shape index (κ3) is 4.03. The molecule has 3 nitrogen and oxygen atoms in total. The summed E-state index contributed by atoms with van der Waals surface area (Å²) in [5.74, 6) is 0.555. The van der Waals surface area contributed by atoms with Crippen LogP contribution in [-0.4, -0.2) is 23.7 Å². The van der Waals surface area contributed by atoms with E-state index in [0.717, 1.165) is 17.7 Å². The van der Waals surface area contributed by atoms with Crippen LogP contribution in [0.25, 0.3) is 0 Å². The van der Waals surface area contributed by atoms with Crippen molar-refractivity contribution in [2.24, 2.45) is 5.73 Å². The molecule has 0 radical (unpaired) electrons. The highest BCUT2D eigenvalue weighted by molar-refractivity contribution is 8.00. The minimum absolute atomic E-state index is 0.0891. The second-order valence-electron chi connectivity index (χ2n) is 4.72. The molecule has 1 aliphatic carbocycles. The highest BCUT2D eigenvalue weighted by atomic mass is 32.2. The summed E-state index contributed by atoms with van der Waals surface area (Å²) >= 11 is 1.57. The van der Waals surface area contributed by atoms with Crippen LogP contribution >= 0.6 is 11.8 Å². The lowest BCUT2D eigenvalue weighted by Crippen LogP contribution is -2.49. The van der Waals surface area contributed by atoms with E-state index in [0.29, 0.717) is 5.75 Å². The summed E-state index contributed by atoms with van der Waals surface area (Å²) in [6.07, 6.45) is 4.40. The fourth-order valence-corrected chi connectivity index (χ4v) is 2.98. The highest BCUT2D eigenvalue weighted by Crippen LogP contribution is 2.19. The van der Waals surface area contributed by atoms with Crippen molar-refractivity contribution in [3.8, 4) is 0 Å². The average Bonchev–Trinajstić information content (AvgIpc) is 2.40. The van der Waals surface area contributed by atoms with Gasteiger partial charge in [0.05, 0.1) is 5.75 Å². The standard InChI is InChI=1S/C14H20N2OS/c15-12-8-4-5-9-13(12)16-14(17)10-18-11-6-2-1-3-7-11/h1-3,6-7,12-13H,4-5,8-10,15H2,(H,16,17). The number of benzene rings is 1. The first-order valence-electron chi connectivity index (χ1n) is 6.48. The van der Waals surface area contributed by atoms with E-state index in [1.54, 1.807) is 11.8 Å². The molecule has 1 aromatic rings. The topological polar surface area (TPSA) is 55.1 Å². The molecule has 1 fully saturated rings. The molecular weight excluding hydrogens is 244 g/mol. The maximum atomic E-state index is 11.8. The van der Waals surface area contributed by atoms with E-state index in [4.69, 9.17) is 5.73 Å². The lowest BCUT2D eigenvalue weighted by atomic mass is 9.91. The van der Waals surface area contributed by atoms with Crippen LogP contribution in [0.2, 0.25) is 0 Å². The number of carbonyl (C=O) groups is 1. The Morgan fingerprint density at radius 2 is 2.00 bits per heavy atom. The number of hydrogen-bond acceptors (Lipinski definition) is 3. The van der Waals surface area contributed by atoms with Gasteiger partial charge in [0.15, 0.2) is 0 Å². The van der Waals surface area contributed by atoms with Gasteiger partial charge in [0.1, 0.15) is 0 Å². The maximum absolute atomic E-state index is 11.8. The molecule has 0 heterocycles. The van der Waals surface area contributed by atoms with E-state index in [1.165, 1.54) is 12.8 Å². The summed E-state index contributed by atoms with van der Waals surface area (Å²) in [6.45, 7) is 0. The highest BCUT2D eigenvalue weighted by Gasteiger charge is 2.22. The van der Waals surface area contributed by atoms with Crippen molar-refractivity contribution >= 4 is 17.7 Å². The van der Waals surface area contributed by atoms with Crippen LogP contribution in [0.15, 0.2) is 35.2 Å². The molecule has 0 saturated heterocycles. The van der Waals surface area contributed by atoms with Crippen LogP contribution in [0.4, 0.5) is 0 Å². The summed E-state index contributed by atoms with van der Waals surface area (Å²) in [5, 5.41) is 3.05. The van der Waals surface area contributed by atoms with Gasteiger partial charge in [0.2, 0.25) is 5.91 Å². The average molecular weight is 264 g/mol. The predicted octanol–water partition coefficient (Wildman–Crippen LogP) is 2.16. The molecule has 2 rings (SSSR count). The van der Waals surface area contributed by atoms with Gasteiger partial charge in [-0.25, -0.2) is 0 Å². The van der Waals surface area contributed by atoms with E-state index in [-0.39, 0.29) is 18.0 Å². The molecular formula is C14H20N2OS. The molecule has 2 atom stereocenters. The van der Waals surface area contributed by atoms with Crippen LogP contribution in [-0.2, 0) is 4.79 Å². The van der Waals surface area contributed by atoms with Crippen molar-refractivity contribution in [1.29, 1.82) is 0 Å². The van der Waals surface area contributed by atoms with E-state index in [2.05, 4.69) is 5.32 Å². The molecule has 4 heteroatoms. The molecule has 1 amide bonds. The molecule has 1 aliphatic rings. The van der Waals surface area contributed by atoms with Crippen LogP contribution in [0.5, 0.6) is 0 Å². The van der Waals surface area contributed by atoms with Gasteiger partial charge in [0, 0.05) is 17.0 Å². The van der Waals surface area contributed by atoms with Gasteiger partial charge in [-0.1, -0.05) is 31.0 Å². The largest absolute Gasteiger partial charge is 0.351 e.